The summed E-state index contributed by atoms with van der Waals surface area (Å²) in [4.78, 5) is 5.01. The van der Waals surface area contributed by atoms with Gasteiger partial charge in [0.15, 0.2) is 5.11 Å². The maximum absolute atomic E-state index is 5.76. The summed E-state index contributed by atoms with van der Waals surface area (Å²) in [6.07, 6.45) is 7.17. The van der Waals surface area contributed by atoms with Gasteiger partial charge in [0.25, 0.3) is 0 Å². The van der Waals surface area contributed by atoms with Crippen LogP contribution in [0.3, 0.4) is 0 Å². The highest BCUT2D eigenvalue weighted by Gasteiger charge is 2.41. The second-order valence-corrected chi connectivity index (χ2v) is 9.40. The molecule has 1 aliphatic carbocycles. The Balaban J connectivity index is 1.66. The molecule has 1 aromatic heterocycles. The fourth-order valence-electron chi connectivity index (χ4n) is 5.83. The van der Waals surface area contributed by atoms with Gasteiger partial charge in [0.2, 0.25) is 0 Å². The van der Waals surface area contributed by atoms with Crippen molar-refractivity contribution < 1.29 is 0 Å². The average molecular weight is 427 g/mol. The van der Waals surface area contributed by atoms with Gasteiger partial charge in [-0.1, -0.05) is 26.0 Å². The molecule has 4 rings (SSSR count). The number of aryl methyl sites for hydroxylation is 1. The number of benzene rings is 1. The Labute approximate surface area is 187 Å². The van der Waals surface area contributed by atoms with Crippen LogP contribution in [0.25, 0.3) is 10.9 Å². The molecule has 1 N–H and O–H groups in total. The Kier molecular flexibility index (Phi) is 6.69. The summed E-state index contributed by atoms with van der Waals surface area (Å²) in [6.45, 7) is 14.2. The Bertz CT molecular complexity index is 885. The first-order chi connectivity index (χ1) is 14.6. The van der Waals surface area contributed by atoms with Crippen LogP contribution in [0.5, 0.6) is 0 Å². The molecule has 0 saturated carbocycles. The molecule has 5 heteroatoms. The largest absolute Gasteiger partial charge is 0.359 e. The third-order valence-corrected chi connectivity index (χ3v) is 7.50. The SMILES string of the molecule is CCCN1C[C@@H](NC(=S)N(CC)CC)C[C@@H]2c3cccc4c3c(cn4CCC)C[C@H]21. The van der Waals surface area contributed by atoms with Gasteiger partial charge in [-0.2, -0.15) is 0 Å². The number of rotatable bonds is 7. The van der Waals surface area contributed by atoms with Crippen LogP contribution in [-0.2, 0) is 13.0 Å². The number of hydrogen-bond donors (Lipinski definition) is 1. The highest BCUT2D eigenvalue weighted by molar-refractivity contribution is 7.80. The van der Waals surface area contributed by atoms with E-state index in [1.54, 1.807) is 11.1 Å². The Morgan fingerprint density at radius 2 is 1.90 bits per heavy atom. The molecule has 1 aromatic carbocycles. The minimum Gasteiger partial charge on any atom is -0.359 e. The molecular weight excluding hydrogens is 388 g/mol. The van der Waals surface area contributed by atoms with Crippen molar-refractivity contribution in [3.63, 3.8) is 0 Å². The van der Waals surface area contributed by atoms with Crippen LogP contribution in [0, 0.1) is 0 Å². The molecule has 2 aliphatic rings. The third kappa shape index (κ3) is 3.87. The van der Waals surface area contributed by atoms with Crippen LogP contribution in [0.2, 0.25) is 0 Å². The maximum atomic E-state index is 5.76. The van der Waals surface area contributed by atoms with E-state index in [4.69, 9.17) is 12.2 Å². The van der Waals surface area contributed by atoms with Crippen LogP contribution < -0.4 is 5.32 Å². The molecule has 0 bridgehead atoms. The number of piperidine rings is 1. The third-order valence-electron chi connectivity index (χ3n) is 7.13. The van der Waals surface area contributed by atoms with Gasteiger partial charge in [0.1, 0.15) is 0 Å². The molecule has 3 atom stereocenters. The molecule has 0 radical (unpaired) electrons. The van der Waals surface area contributed by atoms with Gasteiger partial charge >= 0.3 is 0 Å². The predicted molar refractivity (Wildman–Crippen MR) is 131 cm³/mol. The van der Waals surface area contributed by atoms with Crippen molar-refractivity contribution in [1.29, 1.82) is 0 Å². The molecule has 0 amide bonds. The van der Waals surface area contributed by atoms with E-state index in [0.717, 1.165) is 31.3 Å². The summed E-state index contributed by atoms with van der Waals surface area (Å²) in [5.41, 5.74) is 4.55. The maximum Gasteiger partial charge on any atom is 0.169 e. The van der Waals surface area contributed by atoms with E-state index in [2.05, 4.69) is 71.8 Å². The monoisotopic (exact) mass is 426 g/mol. The zero-order valence-corrected chi connectivity index (χ0v) is 20.0. The summed E-state index contributed by atoms with van der Waals surface area (Å²) in [5.74, 6) is 0.580. The summed E-state index contributed by atoms with van der Waals surface area (Å²) in [7, 11) is 0. The molecule has 2 heterocycles. The number of thiocarbonyl (C=S) groups is 1. The first-order valence-corrected chi connectivity index (χ1v) is 12.4. The van der Waals surface area contributed by atoms with Crippen LogP contribution in [-0.4, -0.2) is 57.7 Å². The highest BCUT2D eigenvalue weighted by Crippen LogP contribution is 2.44. The van der Waals surface area contributed by atoms with E-state index in [-0.39, 0.29) is 0 Å². The van der Waals surface area contributed by atoms with Crippen molar-refractivity contribution >= 4 is 28.2 Å². The molecule has 4 nitrogen and oxygen atoms in total. The molecule has 1 aliphatic heterocycles. The van der Waals surface area contributed by atoms with Crippen molar-refractivity contribution in [2.45, 2.75) is 77.9 Å². The van der Waals surface area contributed by atoms with Crippen LogP contribution in [0.15, 0.2) is 24.4 Å². The Morgan fingerprint density at radius 3 is 2.60 bits per heavy atom. The standard InChI is InChI=1S/C25H38N4S/c1-5-12-28-16-18-14-23-21(20-10-9-11-22(28)24(18)20)15-19(17-29(23)13-6-2)26-25(30)27(7-3)8-4/h9-11,16,19,21,23H,5-8,12-15,17H2,1-4H3,(H,26,30)/t19-,21+,23+/m0/s1. The average Bonchev–Trinajstić information content (AvgIpc) is 3.09. The number of likely N-dealkylation sites (tertiary alicyclic amines) is 1. The Hall–Kier alpha value is -1.59. The Morgan fingerprint density at radius 1 is 1.13 bits per heavy atom. The first-order valence-electron chi connectivity index (χ1n) is 12.0. The molecule has 2 aromatic rings. The van der Waals surface area contributed by atoms with Gasteiger partial charge in [0, 0.05) is 61.3 Å². The normalized spacial score (nSPS) is 23.4. The van der Waals surface area contributed by atoms with Gasteiger partial charge in [-0.25, -0.2) is 0 Å². The molecular formula is C25H38N4S. The molecule has 0 spiro atoms. The second-order valence-electron chi connectivity index (χ2n) is 9.02. The summed E-state index contributed by atoms with van der Waals surface area (Å²) >= 11 is 5.76. The van der Waals surface area contributed by atoms with Gasteiger partial charge in [0.05, 0.1) is 0 Å². The van der Waals surface area contributed by atoms with E-state index >= 15 is 0 Å². The van der Waals surface area contributed by atoms with Gasteiger partial charge in [-0.3, -0.25) is 4.90 Å². The van der Waals surface area contributed by atoms with Crippen LogP contribution >= 0.6 is 12.2 Å². The van der Waals surface area contributed by atoms with Crippen molar-refractivity contribution in [2.24, 2.45) is 0 Å². The fourth-order valence-corrected chi connectivity index (χ4v) is 6.25. The smallest absolute Gasteiger partial charge is 0.169 e. The first kappa shape index (κ1) is 21.6. The highest BCUT2D eigenvalue weighted by atomic mass is 32.1. The van der Waals surface area contributed by atoms with Crippen LogP contribution in [0.1, 0.15) is 64.0 Å². The molecule has 1 saturated heterocycles. The fraction of sp³-hybridized carbons (Fsp3) is 0.640. The molecule has 1 fully saturated rings. The van der Waals surface area contributed by atoms with Crippen molar-refractivity contribution in [2.75, 3.05) is 26.2 Å². The second kappa shape index (κ2) is 9.27. The zero-order valence-electron chi connectivity index (χ0n) is 19.2. The van der Waals surface area contributed by atoms with Crippen molar-refractivity contribution in [1.82, 2.24) is 19.7 Å². The van der Waals surface area contributed by atoms with Gasteiger partial charge in [-0.05, 0) is 75.5 Å². The number of hydrogen-bond acceptors (Lipinski definition) is 2. The summed E-state index contributed by atoms with van der Waals surface area (Å²) in [5, 5.41) is 6.19. The predicted octanol–water partition coefficient (Wildman–Crippen LogP) is 4.76. The minimum absolute atomic E-state index is 0.417. The van der Waals surface area contributed by atoms with Gasteiger partial charge < -0.3 is 14.8 Å². The van der Waals surface area contributed by atoms with E-state index < -0.39 is 0 Å². The quantitative estimate of drug-likeness (QED) is 0.645. The lowest BCUT2D eigenvalue weighted by molar-refractivity contribution is 0.104. The van der Waals surface area contributed by atoms with E-state index in [0.29, 0.717) is 18.0 Å². The number of nitrogens with one attached hydrogen (secondary N) is 1. The minimum atomic E-state index is 0.417. The summed E-state index contributed by atoms with van der Waals surface area (Å²) in [6, 6.07) is 8.02. The molecule has 0 unspecified atom stereocenters. The van der Waals surface area contributed by atoms with Crippen molar-refractivity contribution in [3.8, 4) is 0 Å². The molecule has 30 heavy (non-hydrogen) atoms. The lowest BCUT2D eigenvalue weighted by atomic mass is 9.74. The van der Waals surface area contributed by atoms with E-state index in [1.807, 2.05) is 0 Å². The number of nitrogens with zero attached hydrogens (tertiary/aromatic N) is 3. The van der Waals surface area contributed by atoms with Gasteiger partial charge in [-0.15, -0.1) is 0 Å². The molecule has 164 valence electrons. The topological polar surface area (TPSA) is 23.4 Å². The number of aromatic nitrogens is 1. The van der Waals surface area contributed by atoms with E-state index in [9.17, 15) is 0 Å². The zero-order chi connectivity index (χ0) is 21.3. The van der Waals surface area contributed by atoms with Crippen LogP contribution in [0.4, 0.5) is 0 Å². The van der Waals surface area contributed by atoms with E-state index in [1.165, 1.54) is 43.1 Å². The number of fused-ring (bicyclic) bond motifs is 2. The van der Waals surface area contributed by atoms with Crippen molar-refractivity contribution in [3.05, 3.63) is 35.5 Å². The summed E-state index contributed by atoms with van der Waals surface area (Å²) < 4.78 is 2.49. The lowest BCUT2D eigenvalue weighted by Crippen LogP contribution is -2.57. The lowest BCUT2D eigenvalue weighted by Gasteiger charge is -2.47.